The van der Waals surface area contributed by atoms with Crippen molar-refractivity contribution < 1.29 is 9.59 Å². The third-order valence-electron chi connectivity index (χ3n) is 6.40. The number of aryl methyl sites for hydroxylation is 2. The Morgan fingerprint density at radius 3 is 1.25 bits per heavy atom. The Morgan fingerprint density at radius 1 is 0.594 bits per heavy atom. The number of nitrogens with one attached hydrogen (secondary N) is 2. The molecule has 2 aromatic rings. The minimum absolute atomic E-state index is 0.483. The molecular formula is C28H40N2O2. The first kappa shape index (κ1) is 25.6. The van der Waals surface area contributed by atoms with E-state index in [9.17, 15) is 9.59 Å². The molecule has 4 rings (SSSR count). The maximum atomic E-state index is 9.96. The molecule has 0 aliphatic heterocycles. The van der Waals surface area contributed by atoms with Gasteiger partial charge in [0.05, 0.1) is 0 Å². The third kappa shape index (κ3) is 9.25. The van der Waals surface area contributed by atoms with Gasteiger partial charge in [-0.3, -0.25) is 9.59 Å². The second-order valence-corrected chi connectivity index (χ2v) is 8.87. The molecular weight excluding hydrogens is 396 g/mol. The van der Waals surface area contributed by atoms with Crippen LogP contribution in [0.5, 0.6) is 0 Å². The van der Waals surface area contributed by atoms with Crippen molar-refractivity contribution in [1.29, 1.82) is 0 Å². The number of hydrogen-bond donors (Lipinski definition) is 2. The molecule has 174 valence electrons. The van der Waals surface area contributed by atoms with Crippen molar-refractivity contribution in [1.82, 2.24) is 10.6 Å². The summed E-state index contributed by atoms with van der Waals surface area (Å²) in [5, 5.41) is 5.61. The summed E-state index contributed by atoms with van der Waals surface area (Å²) in [6.45, 7) is 4.31. The first-order chi connectivity index (χ1) is 15.7. The molecule has 0 aromatic heterocycles. The first-order valence-electron chi connectivity index (χ1n) is 12.2. The highest BCUT2D eigenvalue weighted by Crippen LogP contribution is 2.25. The predicted molar refractivity (Wildman–Crippen MR) is 133 cm³/mol. The molecule has 0 bridgehead atoms. The van der Waals surface area contributed by atoms with Crippen molar-refractivity contribution in [3.8, 4) is 11.1 Å². The summed E-state index contributed by atoms with van der Waals surface area (Å²) >= 11 is 0. The molecule has 2 saturated carbocycles. The van der Waals surface area contributed by atoms with Crippen LogP contribution in [0.3, 0.4) is 0 Å². The van der Waals surface area contributed by atoms with Crippen molar-refractivity contribution in [2.45, 2.75) is 90.1 Å². The number of rotatable bonds is 5. The van der Waals surface area contributed by atoms with E-state index in [1.54, 1.807) is 0 Å². The molecule has 0 atom stereocenters. The second kappa shape index (κ2) is 15.2. The van der Waals surface area contributed by atoms with Crippen molar-refractivity contribution in [2.75, 3.05) is 0 Å². The lowest BCUT2D eigenvalue weighted by molar-refractivity contribution is -0.111. The zero-order valence-electron chi connectivity index (χ0n) is 19.8. The van der Waals surface area contributed by atoms with Gasteiger partial charge in [-0.15, -0.1) is 0 Å². The molecule has 0 heterocycles. The van der Waals surface area contributed by atoms with E-state index in [2.05, 4.69) is 73.0 Å². The highest BCUT2D eigenvalue weighted by Gasteiger charge is 2.11. The smallest absolute Gasteiger partial charge is 0.207 e. The highest BCUT2D eigenvalue weighted by atomic mass is 16.1. The molecule has 2 aromatic carbocycles. The zero-order chi connectivity index (χ0) is 23.0. The molecule has 0 saturated heterocycles. The number of amides is 2. The Hall–Kier alpha value is -2.62. The van der Waals surface area contributed by atoms with Gasteiger partial charge < -0.3 is 10.6 Å². The van der Waals surface area contributed by atoms with Gasteiger partial charge in [-0.05, 0) is 61.8 Å². The van der Waals surface area contributed by atoms with Crippen LogP contribution in [-0.4, -0.2) is 24.9 Å². The number of hydrogen-bond acceptors (Lipinski definition) is 2. The van der Waals surface area contributed by atoms with Gasteiger partial charge in [0, 0.05) is 12.1 Å². The van der Waals surface area contributed by atoms with Gasteiger partial charge in [-0.2, -0.15) is 0 Å². The van der Waals surface area contributed by atoms with Crippen molar-refractivity contribution in [2.24, 2.45) is 0 Å². The fourth-order valence-corrected chi connectivity index (χ4v) is 4.48. The Balaban J connectivity index is 0.000000178. The number of carbonyl (C=O) groups excluding carboxylic acids is 2. The van der Waals surface area contributed by atoms with Crippen LogP contribution in [0.4, 0.5) is 0 Å². The molecule has 0 unspecified atom stereocenters. The van der Waals surface area contributed by atoms with E-state index < -0.39 is 0 Å². The lowest BCUT2D eigenvalue weighted by atomic mass is 9.96. The largest absolute Gasteiger partial charge is 0.356 e. The summed E-state index contributed by atoms with van der Waals surface area (Å²) < 4.78 is 0. The molecule has 2 aliphatic rings. The van der Waals surface area contributed by atoms with Crippen molar-refractivity contribution in [3.63, 3.8) is 0 Å². The highest BCUT2D eigenvalue weighted by molar-refractivity contribution is 5.70. The van der Waals surface area contributed by atoms with Gasteiger partial charge in [-0.25, -0.2) is 0 Å². The molecule has 4 nitrogen and oxygen atoms in total. The molecule has 32 heavy (non-hydrogen) atoms. The van der Waals surface area contributed by atoms with Crippen LogP contribution in [-0.2, 0) is 9.59 Å². The van der Waals surface area contributed by atoms with E-state index in [1.165, 1.54) is 86.5 Å². The summed E-state index contributed by atoms with van der Waals surface area (Å²) in [5.41, 5.74) is 5.35. The Labute approximate surface area is 194 Å². The van der Waals surface area contributed by atoms with Crippen LogP contribution in [0.1, 0.15) is 75.3 Å². The van der Waals surface area contributed by atoms with E-state index in [0.717, 1.165) is 12.8 Å². The fourth-order valence-electron chi connectivity index (χ4n) is 4.48. The summed E-state index contributed by atoms with van der Waals surface area (Å²) in [5.74, 6) is 0. The summed E-state index contributed by atoms with van der Waals surface area (Å²) in [4.78, 5) is 19.9. The van der Waals surface area contributed by atoms with Gasteiger partial charge in [-0.1, -0.05) is 87.1 Å². The molecule has 4 heteroatoms. The van der Waals surface area contributed by atoms with Crippen molar-refractivity contribution >= 4 is 12.8 Å². The van der Waals surface area contributed by atoms with Crippen LogP contribution < -0.4 is 10.6 Å². The number of carbonyl (C=O) groups is 2. The van der Waals surface area contributed by atoms with E-state index in [-0.39, 0.29) is 0 Å². The van der Waals surface area contributed by atoms with Gasteiger partial charge in [0.2, 0.25) is 12.8 Å². The normalized spacial score (nSPS) is 16.4. The minimum Gasteiger partial charge on any atom is -0.356 e. The maximum Gasteiger partial charge on any atom is 0.207 e. The Kier molecular flexibility index (Phi) is 12.2. The molecule has 2 aliphatic carbocycles. The van der Waals surface area contributed by atoms with Gasteiger partial charge in [0.15, 0.2) is 0 Å². The SMILES string of the molecule is Cc1ccccc1-c1ccccc1C.O=CNC1CCCCC1.O=CNC1CCCCC1. The quantitative estimate of drug-likeness (QED) is 0.556. The average Bonchev–Trinajstić information content (AvgIpc) is 2.83. The van der Waals surface area contributed by atoms with Crippen LogP contribution in [0.2, 0.25) is 0 Å². The summed E-state index contributed by atoms with van der Waals surface area (Å²) in [6.07, 6.45) is 14.2. The topological polar surface area (TPSA) is 58.2 Å². The molecule has 2 amide bonds. The van der Waals surface area contributed by atoms with E-state index in [0.29, 0.717) is 12.1 Å². The lowest BCUT2D eigenvalue weighted by Gasteiger charge is -2.19. The van der Waals surface area contributed by atoms with E-state index in [1.807, 2.05) is 0 Å². The van der Waals surface area contributed by atoms with E-state index in [4.69, 9.17) is 0 Å². The van der Waals surface area contributed by atoms with Crippen LogP contribution in [0, 0.1) is 13.8 Å². The monoisotopic (exact) mass is 436 g/mol. The van der Waals surface area contributed by atoms with Crippen LogP contribution >= 0.6 is 0 Å². The molecule has 0 radical (unpaired) electrons. The van der Waals surface area contributed by atoms with Crippen molar-refractivity contribution in [3.05, 3.63) is 59.7 Å². The third-order valence-corrected chi connectivity index (χ3v) is 6.40. The molecule has 0 spiro atoms. The summed E-state index contributed by atoms with van der Waals surface area (Å²) in [6, 6.07) is 18.0. The lowest BCUT2D eigenvalue weighted by Crippen LogP contribution is -2.29. The van der Waals surface area contributed by atoms with Gasteiger partial charge >= 0.3 is 0 Å². The average molecular weight is 437 g/mol. The number of benzene rings is 2. The predicted octanol–water partition coefficient (Wildman–Crippen LogP) is 6.10. The second-order valence-electron chi connectivity index (χ2n) is 8.87. The minimum atomic E-state index is 0.483. The van der Waals surface area contributed by atoms with Gasteiger partial charge in [0.25, 0.3) is 0 Å². The van der Waals surface area contributed by atoms with Crippen LogP contribution in [0.15, 0.2) is 48.5 Å². The van der Waals surface area contributed by atoms with Gasteiger partial charge in [0.1, 0.15) is 0 Å². The van der Waals surface area contributed by atoms with E-state index >= 15 is 0 Å². The fraction of sp³-hybridized carbons (Fsp3) is 0.500. The van der Waals surface area contributed by atoms with Crippen LogP contribution in [0.25, 0.3) is 11.1 Å². The molecule has 2 fully saturated rings. The Morgan fingerprint density at radius 2 is 0.938 bits per heavy atom. The zero-order valence-corrected chi connectivity index (χ0v) is 19.8. The molecule has 2 N–H and O–H groups in total. The first-order valence-corrected chi connectivity index (χ1v) is 12.2. The Bertz CT molecular complexity index is 726. The maximum absolute atomic E-state index is 9.96. The standard InChI is InChI=1S/C14H14.2C7H13NO/c1-11-7-3-5-9-13(11)14-10-6-4-8-12(14)2;2*9-6-8-7-4-2-1-3-5-7/h3-10H,1-2H3;2*6-7H,1-5H2,(H,8,9). The summed E-state index contributed by atoms with van der Waals surface area (Å²) in [7, 11) is 0.